The average molecular weight is 369 g/mol. The Hall–Kier alpha value is -2.74. The third-order valence-corrected chi connectivity index (χ3v) is 5.26. The Morgan fingerprint density at radius 3 is 2.74 bits per heavy atom. The Kier molecular flexibility index (Phi) is 4.43. The predicted molar refractivity (Wildman–Crippen MR) is 98.7 cm³/mol. The van der Waals surface area contributed by atoms with E-state index < -0.39 is 5.60 Å². The van der Waals surface area contributed by atoms with E-state index in [4.69, 9.17) is 9.72 Å². The Bertz CT molecular complexity index is 862. The number of hydrogen-bond donors (Lipinski definition) is 1. The van der Waals surface area contributed by atoms with Crippen molar-refractivity contribution in [2.75, 3.05) is 38.7 Å². The van der Waals surface area contributed by atoms with E-state index in [1.165, 1.54) is 18.5 Å². The van der Waals surface area contributed by atoms with Crippen LogP contribution in [0.15, 0.2) is 24.7 Å². The molecule has 0 aromatic carbocycles. The summed E-state index contributed by atoms with van der Waals surface area (Å²) in [6.07, 6.45) is 6.87. The fourth-order valence-electron chi connectivity index (χ4n) is 3.79. The van der Waals surface area contributed by atoms with Crippen LogP contribution in [0.5, 0.6) is 5.75 Å². The van der Waals surface area contributed by atoms with Crippen LogP contribution in [0.25, 0.3) is 0 Å². The van der Waals surface area contributed by atoms with Gasteiger partial charge in [0.05, 0.1) is 24.1 Å². The first kappa shape index (κ1) is 17.7. The van der Waals surface area contributed by atoms with Gasteiger partial charge in [0.1, 0.15) is 11.4 Å². The van der Waals surface area contributed by atoms with Crippen molar-refractivity contribution in [1.29, 1.82) is 0 Å². The number of nitrogens with zero attached hydrogens (tertiary/aromatic N) is 5. The Labute approximate surface area is 157 Å². The smallest absolute Gasteiger partial charge is 0.255 e. The lowest BCUT2D eigenvalue weighted by atomic mass is 9.83. The van der Waals surface area contributed by atoms with Crippen LogP contribution in [-0.2, 0) is 16.8 Å². The number of fused-ring (bicyclic) bond motifs is 2. The second-order valence-electron chi connectivity index (χ2n) is 7.26. The third-order valence-electron chi connectivity index (χ3n) is 5.26. The van der Waals surface area contributed by atoms with E-state index in [-0.39, 0.29) is 11.7 Å². The molecule has 0 bridgehead atoms. The molecule has 1 fully saturated rings. The highest BCUT2D eigenvalue weighted by molar-refractivity contribution is 5.94. The Balaban J connectivity index is 1.56. The first-order valence-corrected chi connectivity index (χ1v) is 9.09. The number of rotatable bonds is 2. The van der Waals surface area contributed by atoms with Gasteiger partial charge in [-0.3, -0.25) is 9.78 Å². The van der Waals surface area contributed by atoms with Crippen molar-refractivity contribution in [2.45, 2.75) is 24.9 Å². The van der Waals surface area contributed by atoms with E-state index in [1.54, 1.807) is 4.90 Å². The van der Waals surface area contributed by atoms with E-state index in [9.17, 15) is 9.90 Å². The van der Waals surface area contributed by atoms with Crippen LogP contribution < -0.4 is 4.90 Å². The molecule has 0 saturated carbocycles. The fraction of sp³-hybridized carbons (Fsp3) is 0.474. The van der Waals surface area contributed by atoms with E-state index in [2.05, 4.69) is 9.97 Å². The molecule has 27 heavy (non-hydrogen) atoms. The maximum Gasteiger partial charge on any atom is 0.255 e. The number of carbonyl (C=O) groups excluding carboxylic acids is 1. The molecule has 4 heterocycles. The average Bonchev–Trinajstić information content (AvgIpc) is 2.68. The topological polar surface area (TPSA) is 91.7 Å². The van der Waals surface area contributed by atoms with Crippen molar-refractivity contribution in [3.63, 3.8) is 0 Å². The third kappa shape index (κ3) is 3.21. The largest absolute Gasteiger partial charge is 0.506 e. The highest BCUT2D eigenvalue weighted by atomic mass is 16.5. The van der Waals surface area contributed by atoms with E-state index in [1.807, 2.05) is 25.2 Å². The standard InChI is InChI=1S/C19H23N5O3/c1-23(2)18-21-11-13-3-8-27-19(16(13)22-18)4-6-24(7-5-19)17(26)14-9-15(25)12-20-10-14/h9-12,25H,3-8H2,1-2H3. The van der Waals surface area contributed by atoms with Crippen LogP contribution in [0.4, 0.5) is 5.95 Å². The normalized spacial score (nSPS) is 18.2. The maximum absolute atomic E-state index is 12.7. The summed E-state index contributed by atoms with van der Waals surface area (Å²) in [6.45, 7) is 1.77. The summed E-state index contributed by atoms with van der Waals surface area (Å²) < 4.78 is 6.22. The van der Waals surface area contributed by atoms with Gasteiger partial charge in [-0.15, -0.1) is 0 Å². The molecule has 0 radical (unpaired) electrons. The quantitative estimate of drug-likeness (QED) is 0.854. The molecule has 2 aliphatic heterocycles. The van der Waals surface area contributed by atoms with Crippen LogP contribution in [0.2, 0.25) is 0 Å². The van der Waals surface area contributed by atoms with Gasteiger partial charge in [-0.1, -0.05) is 0 Å². The Morgan fingerprint density at radius 1 is 1.26 bits per heavy atom. The number of likely N-dealkylation sites (tertiary alicyclic amines) is 1. The van der Waals surface area contributed by atoms with E-state index in [0.29, 0.717) is 44.0 Å². The summed E-state index contributed by atoms with van der Waals surface area (Å²) in [7, 11) is 3.84. The number of carbonyl (C=O) groups is 1. The number of aromatic nitrogens is 3. The van der Waals surface area contributed by atoms with Gasteiger partial charge >= 0.3 is 0 Å². The summed E-state index contributed by atoms with van der Waals surface area (Å²) in [5.41, 5.74) is 2.02. The molecular formula is C19H23N5O3. The predicted octanol–water partition coefficient (Wildman–Crippen LogP) is 1.35. The Morgan fingerprint density at radius 2 is 2.04 bits per heavy atom. The fourth-order valence-corrected chi connectivity index (χ4v) is 3.79. The first-order valence-electron chi connectivity index (χ1n) is 9.09. The van der Waals surface area contributed by atoms with Crippen molar-refractivity contribution in [1.82, 2.24) is 19.9 Å². The van der Waals surface area contributed by atoms with Crippen LogP contribution in [0, 0.1) is 0 Å². The second-order valence-corrected chi connectivity index (χ2v) is 7.26. The SMILES string of the molecule is CN(C)c1ncc2c(n1)C1(CCN(C(=O)c3cncc(O)c3)CC1)OCC2. The number of pyridine rings is 1. The first-order chi connectivity index (χ1) is 13.0. The summed E-state index contributed by atoms with van der Waals surface area (Å²) >= 11 is 0. The van der Waals surface area contributed by atoms with E-state index in [0.717, 1.165) is 17.7 Å². The monoisotopic (exact) mass is 369 g/mol. The van der Waals surface area contributed by atoms with Crippen molar-refractivity contribution in [3.05, 3.63) is 41.5 Å². The summed E-state index contributed by atoms with van der Waals surface area (Å²) in [5, 5.41) is 9.57. The molecule has 1 spiro atoms. The van der Waals surface area contributed by atoms with Crippen LogP contribution in [0.3, 0.4) is 0 Å². The van der Waals surface area contributed by atoms with Crippen molar-refractivity contribution < 1.29 is 14.6 Å². The molecule has 1 saturated heterocycles. The molecule has 1 N–H and O–H groups in total. The van der Waals surface area contributed by atoms with Crippen LogP contribution in [0.1, 0.15) is 34.5 Å². The zero-order valence-corrected chi connectivity index (χ0v) is 15.6. The minimum absolute atomic E-state index is 0.00761. The molecule has 8 heteroatoms. The number of ether oxygens (including phenoxy) is 1. The molecule has 0 aliphatic carbocycles. The van der Waals surface area contributed by atoms with Gasteiger partial charge in [0.15, 0.2) is 0 Å². The second kappa shape index (κ2) is 6.77. The summed E-state index contributed by atoms with van der Waals surface area (Å²) in [4.78, 5) is 29.5. The van der Waals surface area contributed by atoms with Gasteiger partial charge in [-0.2, -0.15) is 0 Å². The van der Waals surface area contributed by atoms with Gasteiger partial charge in [0.25, 0.3) is 5.91 Å². The highest BCUT2D eigenvalue weighted by Gasteiger charge is 2.43. The van der Waals surface area contributed by atoms with Crippen molar-refractivity contribution >= 4 is 11.9 Å². The van der Waals surface area contributed by atoms with Gasteiger partial charge in [0, 0.05) is 39.6 Å². The van der Waals surface area contributed by atoms with Gasteiger partial charge in [-0.05, 0) is 30.9 Å². The molecule has 0 atom stereocenters. The number of hydrogen-bond acceptors (Lipinski definition) is 7. The van der Waals surface area contributed by atoms with Crippen LogP contribution >= 0.6 is 0 Å². The lowest BCUT2D eigenvalue weighted by Crippen LogP contribution is -2.49. The van der Waals surface area contributed by atoms with Gasteiger partial charge in [-0.25, -0.2) is 9.97 Å². The molecule has 1 amide bonds. The molecule has 2 aromatic rings. The van der Waals surface area contributed by atoms with Gasteiger partial charge < -0.3 is 19.6 Å². The molecule has 4 rings (SSSR count). The number of anilines is 1. The molecule has 142 valence electrons. The highest BCUT2D eigenvalue weighted by Crippen LogP contribution is 2.41. The summed E-state index contributed by atoms with van der Waals surface area (Å²) in [6, 6.07) is 1.45. The molecule has 2 aliphatic rings. The zero-order chi connectivity index (χ0) is 19.0. The zero-order valence-electron chi connectivity index (χ0n) is 15.6. The lowest BCUT2D eigenvalue weighted by Gasteiger charge is -2.44. The molecule has 0 unspecified atom stereocenters. The van der Waals surface area contributed by atoms with E-state index >= 15 is 0 Å². The number of piperidine rings is 1. The molecule has 8 nitrogen and oxygen atoms in total. The minimum Gasteiger partial charge on any atom is -0.506 e. The summed E-state index contributed by atoms with van der Waals surface area (Å²) in [5.74, 6) is 0.538. The number of amides is 1. The molecular weight excluding hydrogens is 346 g/mol. The molecule has 2 aromatic heterocycles. The van der Waals surface area contributed by atoms with Gasteiger partial charge in [0.2, 0.25) is 5.95 Å². The number of aromatic hydroxyl groups is 1. The maximum atomic E-state index is 12.7. The minimum atomic E-state index is -0.463. The van der Waals surface area contributed by atoms with Crippen molar-refractivity contribution in [3.8, 4) is 5.75 Å². The van der Waals surface area contributed by atoms with Crippen molar-refractivity contribution in [2.24, 2.45) is 0 Å². The lowest BCUT2D eigenvalue weighted by molar-refractivity contribution is -0.0967. The van der Waals surface area contributed by atoms with Crippen LogP contribution in [-0.4, -0.2) is 64.7 Å².